The Labute approximate surface area is 119 Å². The smallest absolute Gasteiger partial charge is 0.251 e. The molecule has 2 rings (SSSR count). The van der Waals surface area contributed by atoms with Gasteiger partial charge < -0.3 is 10.6 Å². The fourth-order valence-corrected chi connectivity index (χ4v) is 1.85. The maximum absolute atomic E-state index is 11.9. The maximum atomic E-state index is 11.9. The molecule has 1 amide bonds. The summed E-state index contributed by atoms with van der Waals surface area (Å²) in [6.07, 6.45) is 1.77. The van der Waals surface area contributed by atoms with Gasteiger partial charge in [0.1, 0.15) is 0 Å². The highest BCUT2D eigenvalue weighted by molar-refractivity contribution is 5.94. The number of nitrogens with one attached hydrogen (secondary N) is 2. The van der Waals surface area contributed by atoms with E-state index >= 15 is 0 Å². The third kappa shape index (κ3) is 4.09. The number of hydrogen-bond acceptors (Lipinski definition) is 3. The van der Waals surface area contributed by atoms with E-state index in [0.29, 0.717) is 18.7 Å². The number of rotatable bonds is 5. The minimum Gasteiger partial charge on any atom is -0.383 e. The molecule has 0 aliphatic heterocycles. The Morgan fingerprint density at radius 3 is 2.55 bits per heavy atom. The van der Waals surface area contributed by atoms with Crippen LogP contribution < -0.4 is 10.6 Å². The topological polar surface area (TPSA) is 54.0 Å². The zero-order valence-corrected chi connectivity index (χ0v) is 11.8. The van der Waals surface area contributed by atoms with Crippen molar-refractivity contribution in [2.75, 3.05) is 18.4 Å². The molecule has 20 heavy (non-hydrogen) atoms. The fraction of sp³-hybridized carbons (Fsp3) is 0.250. The maximum Gasteiger partial charge on any atom is 0.251 e. The van der Waals surface area contributed by atoms with Crippen LogP contribution in [-0.2, 0) is 0 Å². The molecule has 0 unspecified atom stereocenters. The molecule has 4 heteroatoms. The van der Waals surface area contributed by atoms with Gasteiger partial charge in [0.2, 0.25) is 0 Å². The molecule has 0 saturated carbocycles. The first-order valence-corrected chi connectivity index (χ1v) is 6.66. The molecule has 0 fully saturated rings. The highest BCUT2D eigenvalue weighted by Gasteiger charge is 2.03. The Balaban J connectivity index is 1.76. The molecular formula is C16H19N3O. The van der Waals surface area contributed by atoms with E-state index < -0.39 is 0 Å². The molecule has 4 nitrogen and oxygen atoms in total. The monoisotopic (exact) mass is 269 g/mol. The van der Waals surface area contributed by atoms with Crippen LogP contribution in [0.3, 0.4) is 0 Å². The Kier molecular flexibility index (Phi) is 4.71. The first kappa shape index (κ1) is 14.1. The lowest BCUT2D eigenvalue weighted by atomic mass is 10.1. The van der Waals surface area contributed by atoms with Crippen molar-refractivity contribution in [2.24, 2.45) is 0 Å². The van der Waals surface area contributed by atoms with Crippen LogP contribution >= 0.6 is 0 Å². The fourth-order valence-electron chi connectivity index (χ4n) is 1.85. The molecule has 1 aromatic carbocycles. The summed E-state index contributed by atoms with van der Waals surface area (Å²) < 4.78 is 0. The third-order valence-corrected chi connectivity index (χ3v) is 2.95. The van der Waals surface area contributed by atoms with Gasteiger partial charge in [-0.15, -0.1) is 0 Å². The number of amides is 1. The molecule has 0 spiro atoms. The van der Waals surface area contributed by atoms with Crippen LogP contribution in [-0.4, -0.2) is 24.0 Å². The molecule has 0 atom stereocenters. The number of carbonyl (C=O) groups excluding carboxylic acids is 1. The predicted molar refractivity (Wildman–Crippen MR) is 81.0 cm³/mol. The lowest BCUT2D eigenvalue weighted by Gasteiger charge is -2.08. The molecule has 1 heterocycles. The molecule has 0 radical (unpaired) electrons. The number of aromatic nitrogens is 1. The molecule has 2 aromatic rings. The van der Waals surface area contributed by atoms with E-state index in [1.807, 2.05) is 50.2 Å². The van der Waals surface area contributed by atoms with Gasteiger partial charge in [0.05, 0.1) is 0 Å². The SMILES string of the molecule is Cc1ccc(C(=O)NCCNc2ccnc(C)c2)cc1. The van der Waals surface area contributed by atoms with Gasteiger partial charge in [0, 0.05) is 36.2 Å². The van der Waals surface area contributed by atoms with Crippen molar-refractivity contribution < 1.29 is 4.79 Å². The normalized spacial score (nSPS) is 10.1. The zero-order chi connectivity index (χ0) is 14.4. The molecule has 0 saturated heterocycles. The van der Waals surface area contributed by atoms with E-state index in [4.69, 9.17) is 0 Å². The lowest BCUT2D eigenvalue weighted by molar-refractivity contribution is 0.0955. The molecule has 2 N–H and O–H groups in total. The molecular weight excluding hydrogens is 250 g/mol. The Morgan fingerprint density at radius 1 is 1.10 bits per heavy atom. The van der Waals surface area contributed by atoms with Crippen molar-refractivity contribution in [2.45, 2.75) is 13.8 Å². The summed E-state index contributed by atoms with van der Waals surface area (Å²) in [7, 11) is 0. The second-order valence-electron chi connectivity index (χ2n) is 4.73. The Morgan fingerprint density at radius 2 is 1.85 bits per heavy atom. The molecule has 0 aliphatic rings. The number of pyridine rings is 1. The van der Waals surface area contributed by atoms with E-state index in [2.05, 4.69) is 15.6 Å². The van der Waals surface area contributed by atoms with Gasteiger partial charge in [-0.2, -0.15) is 0 Å². The van der Waals surface area contributed by atoms with Gasteiger partial charge in [0.25, 0.3) is 5.91 Å². The van der Waals surface area contributed by atoms with Crippen LogP contribution in [0.2, 0.25) is 0 Å². The van der Waals surface area contributed by atoms with E-state index in [-0.39, 0.29) is 5.91 Å². The summed E-state index contributed by atoms with van der Waals surface area (Å²) in [6.45, 7) is 5.21. The van der Waals surface area contributed by atoms with Crippen molar-refractivity contribution in [3.8, 4) is 0 Å². The number of aryl methyl sites for hydroxylation is 2. The Bertz CT molecular complexity index is 579. The second-order valence-corrected chi connectivity index (χ2v) is 4.73. The van der Waals surface area contributed by atoms with Crippen molar-refractivity contribution in [1.82, 2.24) is 10.3 Å². The van der Waals surface area contributed by atoms with Gasteiger partial charge in [-0.1, -0.05) is 17.7 Å². The van der Waals surface area contributed by atoms with E-state index in [1.165, 1.54) is 0 Å². The number of carbonyl (C=O) groups is 1. The van der Waals surface area contributed by atoms with Crippen LogP contribution in [0.25, 0.3) is 0 Å². The number of hydrogen-bond donors (Lipinski definition) is 2. The summed E-state index contributed by atoms with van der Waals surface area (Å²) in [5.41, 5.74) is 3.83. The summed E-state index contributed by atoms with van der Waals surface area (Å²) in [5, 5.41) is 6.13. The third-order valence-electron chi connectivity index (χ3n) is 2.95. The highest BCUT2D eigenvalue weighted by Crippen LogP contribution is 2.06. The van der Waals surface area contributed by atoms with E-state index in [9.17, 15) is 4.79 Å². The summed E-state index contributed by atoms with van der Waals surface area (Å²) in [4.78, 5) is 16.0. The minimum absolute atomic E-state index is 0.0438. The number of nitrogens with zero attached hydrogens (tertiary/aromatic N) is 1. The van der Waals surface area contributed by atoms with E-state index in [0.717, 1.165) is 16.9 Å². The second kappa shape index (κ2) is 6.70. The standard InChI is InChI=1S/C16H19N3O/c1-12-3-5-14(6-4-12)16(20)19-10-9-18-15-7-8-17-13(2)11-15/h3-8,11H,9-10H2,1-2H3,(H,17,18)(H,19,20). The molecule has 0 aliphatic carbocycles. The van der Waals surface area contributed by atoms with Crippen LogP contribution in [0.1, 0.15) is 21.6 Å². The average Bonchev–Trinajstić information content (AvgIpc) is 2.44. The summed E-state index contributed by atoms with van der Waals surface area (Å²) in [6, 6.07) is 11.4. The molecule has 104 valence electrons. The van der Waals surface area contributed by atoms with Crippen molar-refractivity contribution >= 4 is 11.6 Å². The van der Waals surface area contributed by atoms with Crippen LogP contribution in [0.4, 0.5) is 5.69 Å². The predicted octanol–water partition coefficient (Wildman–Crippen LogP) is 2.54. The Hall–Kier alpha value is -2.36. The van der Waals surface area contributed by atoms with Crippen LogP contribution in [0, 0.1) is 13.8 Å². The number of anilines is 1. The van der Waals surface area contributed by atoms with Crippen molar-refractivity contribution in [1.29, 1.82) is 0 Å². The lowest BCUT2D eigenvalue weighted by Crippen LogP contribution is -2.28. The van der Waals surface area contributed by atoms with Crippen molar-refractivity contribution in [3.05, 3.63) is 59.4 Å². The summed E-state index contributed by atoms with van der Waals surface area (Å²) >= 11 is 0. The highest BCUT2D eigenvalue weighted by atomic mass is 16.1. The van der Waals surface area contributed by atoms with Gasteiger partial charge in [-0.25, -0.2) is 0 Å². The van der Waals surface area contributed by atoms with Crippen LogP contribution in [0.15, 0.2) is 42.6 Å². The van der Waals surface area contributed by atoms with Gasteiger partial charge in [-0.05, 0) is 38.1 Å². The van der Waals surface area contributed by atoms with Crippen molar-refractivity contribution in [3.63, 3.8) is 0 Å². The number of benzene rings is 1. The first-order chi connectivity index (χ1) is 9.65. The average molecular weight is 269 g/mol. The zero-order valence-electron chi connectivity index (χ0n) is 11.8. The quantitative estimate of drug-likeness (QED) is 0.820. The molecule has 0 bridgehead atoms. The first-order valence-electron chi connectivity index (χ1n) is 6.66. The van der Waals surface area contributed by atoms with Gasteiger partial charge in [-0.3, -0.25) is 9.78 Å². The van der Waals surface area contributed by atoms with Crippen LogP contribution in [0.5, 0.6) is 0 Å². The summed E-state index contributed by atoms with van der Waals surface area (Å²) in [5.74, 6) is -0.0438. The largest absolute Gasteiger partial charge is 0.383 e. The van der Waals surface area contributed by atoms with Gasteiger partial charge >= 0.3 is 0 Å². The van der Waals surface area contributed by atoms with E-state index in [1.54, 1.807) is 6.20 Å². The minimum atomic E-state index is -0.0438. The van der Waals surface area contributed by atoms with Gasteiger partial charge in [0.15, 0.2) is 0 Å². The molecule has 1 aromatic heterocycles.